The van der Waals surface area contributed by atoms with Crippen LogP contribution in [-0.4, -0.2) is 12.5 Å². The van der Waals surface area contributed by atoms with Crippen LogP contribution in [0.1, 0.15) is 29.5 Å². The summed E-state index contributed by atoms with van der Waals surface area (Å²) in [6.45, 7) is 4.60. The Bertz CT molecular complexity index is 728. The van der Waals surface area contributed by atoms with Crippen LogP contribution in [0.4, 0.5) is 10.1 Å². The summed E-state index contributed by atoms with van der Waals surface area (Å²) in [6.07, 6.45) is 1.91. The van der Waals surface area contributed by atoms with Crippen molar-refractivity contribution in [1.82, 2.24) is 0 Å². The van der Waals surface area contributed by atoms with E-state index >= 15 is 0 Å². The van der Waals surface area contributed by atoms with E-state index in [9.17, 15) is 4.39 Å². The Morgan fingerprint density at radius 2 is 1.83 bits per heavy atom. The molecule has 1 aliphatic rings. The maximum absolute atomic E-state index is 14.0. The van der Waals surface area contributed by atoms with Crippen LogP contribution in [0, 0.1) is 19.7 Å². The molecule has 0 radical (unpaired) electrons. The van der Waals surface area contributed by atoms with Crippen LogP contribution in [0.2, 0.25) is 0 Å². The van der Waals surface area contributed by atoms with Crippen LogP contribution in [-0.2, 0) is 5.41 Å². The third-order valence-corrected chi connectivity index (χ3v) is 4.34. The molecule has 0 bridgehead atoms. The zero-order chi connectivity index (χ0) is 16.4. The van der Waals surface area contributed by atoms with Gasteiger partial charge in [-0.15, -0.1) is 0 Å². The smallest absolute Gasteiger partial charge is 0.193 e. The summed E-state index contributed by atoms with van der Waals surface area (Å²) in [7, 11) is 0. The number of nitrogens with zero attached hydrogens (tertiary/aromatic N) is 1. The standard InChI is InChI=1S/C19H22FN3/c1-13-9-14(2)11-15(10-13)23-18(21)22-12-19(7-8-19)16-5-3-4-6-17(16)20/h3-6,9-11H,7-8,12H2,1-2H3,(H3,21,22,23). The first-order chi connectivity index (χ1) is 11.0. The molecule has 0 spiro atoms. The summed E-state index contributed by atoms with van der Waals surface area (Å²) < 4.78 is 14.0. The number of guanidine groups is 1. The summed E-state index contributed by atoms with van der Waals surface area (Å²) in [5.41, 5.74) is 9.85. The van der Waals surface area contributed by atoms with Crippen molar-refractivity contribution in [2.24, 2.45) is 10.7 Å². The van der Waals surface area contributed by atoms with Crippen molar-refractivity contribution in [2.75, 3.05) is 11.9 Å². The van der Waals surface area contributed by atoms with Crippen molar-refractivity contribution in [2.45, 2.75) is 32.1 Å². The predicted molar refractivity (Wildman–Crippen MR) is 93.3 cm³/mol. The van der Waals surface area contributed by atoms with Crippen molar-refractivity contribution in [3.63, 3.8) is 0 Å². The van der Waals surface area contributed by atoms with E-state index in [2.05, 4.69) is 16.4 Å². The van der Waals surface area contributed by atoms with E-state index in [4.69, 9.17) is 5.73 Å². The maximum Gasteiger partial charge on any atom is 0.193 e. The normalized spacial score (nSPS) is 16.2. The summed E-state index contributed by atoms with van der Waals surface area (Å²) in [5, 5.41) is 3.12. The Morgan fingerprint density at radius 3 is 2.43 bits per heavy atom. The molecule has 3 nitrogen and oxygen atoms in total. The first kappa shape index (κ1) is 15.5. The van der Waals surface area contributed by atoms with Crippen LogP contribution in [0.3, 0.4) is 0 Å². The van der Waals surface area contributed by atoms with Gasteiger partial charge in [0.15, 0.2) is 5.96 Å². The lowest BCUT2D eigenvalue weighted by atomic mass is 9.95. The van der Waals surface area contributed by atoms with Gasteiger partial charge in [-0.3, -0.25) is 4.99 Å². The van der Waals surface area contributed by atoms with Gasteiger partial charge in [-0.25, -0.2) is 4.39 Å². The number of hydrogen-bond donors (Lipinski definition) is 2. The van der Waals surface area contributed by atoms with Crippen molar-refractivity contribution in [3.05, 3.63) is 65.0 Å². The minimum atomic E-state index is -0.180. The molecular formula is C19H22FN3. The van der Waals surface area contributed by atoms with Crippen molar-refractivity contribution in [3.8, 4) is 0 Å². The quantitative estimate of drug-likeness (QED) is 0.664. The molecule has 3 rings (SSSR count). The van der Waals surface area contributed by atoms with E-state index in [1.54, 1.807) is 6.07 Å². The molecule has 0 atom stereocenters. The number of aryl methyl sites for hydroxylation is 2. The second-order valence-electron chi connectivity index (χ2n) is 6.46. The van der Waals surface area contributed by atoms with Gasteiger partial charge in [0.2, 0.25) is 0 Å². The molecule has 23 heavy (non-hydrogen) atoms. The zero-order valence-corrected chi connectivity index (χ0v) is 13.6. The molecule has 0 unspecified atom stereocenters. The number of aliphatic imine (C=N–C) groups is 1. The van der Waals surface area contributed by atoms with E-state index in [-0.39, 0.29) is 11.2 Å². The maximum atomic E-state index is 14.0. The van der Waals surface area contributed by atoms with Crippen molar-refractivity contribution in [1.29, 1.82) is 0 Å². The number of halogens is 1. The van der Waals surface area contributed by atoms with E-state index in [1.165, 1.54) is 17.2 Å². The highest BCUT2D eigenvalue weighted by Gasteiger charge is 2.45. The summed E-state index contributed by atoms with van der Waals surface area (Å²) in [5.74, 6) is 0.221. The van der Waals surface area contributed by atoms with Gasteiger partial charge in [-0.05, 0) is 61.6 Å². The van der Waals surface area contributed by atoms with E-state index in [1.807, 2.05) is 38.1 Å². The van der Waals surface area contributed by atoms with E-state index < -0.39 is 0 Å². The largest absolute Gasteiger partial charge is 0.370 e. The van der Waals surface area contributed by atoms with Gasteiger partial charge >= 0.3 is 0 Å². The molecule has 0 heterocycles. The SMILES string of the molecule is Cc1cc(C)cc(NC(N)=NCC2(c3ccccc3F)CC2)c1. The third kappa shape index (κ3) is 3.52. The van der Waals surface area contributed by atoms with Crippen molar-refractivity contribution >= 4 is 11.6 Å². The van der Waals surface area contributed by atoms with Gasteiger partial charge < -0.3 is 11.1 Å². The highest BCUT2D eigenvalue weighted by molar-refractivity contribution is 5.92. The number of nitrogens with two attached hydrogens (primary N) is 1. The fourth-order valence-corrected chi connectivity index (χ4v) is 3.03. The molecule has 2 aromatic rings. The van der Waals surface area contributed by atoms with Crippen LogP contribution >= 0.6 is 0 Å². The third-order valence-electron chi connectivity index (χ3n) is 4.34. The number of anilines is 1. The van der Waals surface area contributed by atoms with Gasteiger partial charge in [0.05, 0.1) is 6.54 Å². The van der Waals surface area contributed by atoms with E-state index in [0.29, 0.717) is 12.5 Å². The van der Waals surface area contributed by atoms with Gasteiger partial charge in [0.25, 0.3) is 0 Å². The topological polar surface area (TPSA) is 50.4 Å². The summed E-state index contributed by atoms with van der Waals surface area (Å²) in [6, 6.07) is 13.1. The number of nitrogens with one attached hydrogen (secondary N) is 1. The van der Waals surface area contributed by atoms with Crippen LogP contribution in [0.15, 0.2) is 47.5 Å². The predicted octanol–water partition coefficient (Wildman–Crippen LogP) is 3.90. The fourth-order valence-electron chi connectivity index (χ4n) is 3.03. The average Bonchev–Trinajstić information content (AvgIpc) is 3.25. The molecule has 0 saturated heterocycles. The number of rotatable bonds is 4. The first-order valence-electron chi connectivity index (χ1n) is 7.89. The molecular weight excluding hydrogens is 289 g/mol. The molecule has 1 aliphatic carbocycles. The molecule has 0 amide bonds. The Labute approximate surface area is 136 Å². The second kappa shape index (κ2) is 6.03. The van der Waals surface area contributed by atoms with Gasteiger partial charge in [0, 0.05) is 11.1 Å². The Morgan fingerprint density at radius 1 is 1.17 bits per heavy atom. The summed E-state index contributed by atoms with van der Waals surface area (Å²) in [4.78, 5) is 4.45. The molecule has 0 aliphatic heterocycles. The minimum Gasteiger partial charge on any atom is -0.370 e. The van der Waals surface area contributed by atoms with Gasteiger partial charge in [-0.2, -0.15) is 0 Å². The molecule has 0 aromatic heterocycles. The zero-order valence-electron chi connectivity index (χ0n) is 13.6. The lowest BCUT2D eigenvalue weighted by Crippen LogP contribution is -2.25. The Kier molecular flexibility index (Phi) is 4.07. The fraction of sp³-hybridized carbons (Fsp3) is 0.316. The molecule has 2 aromatic carbocycles. The molecule has 120 valence electrons. The molecule has 3 N–H and O–H groups in total. The Balaban J connectivity index is 1.71. The lowest BCUT2D eigenvalue weighted by molar-refractivity contribution is 0.573. The number of hydrogen-bond acceptors (Lipinski definition) is 1. The van der Waals surface area contributed by atoms with Crippen LogP contribution in [0.25, 0.3) is 0 Å². The van der Waals surface area contributed by atoms with Crippen LogP contribution < -0.4 is 11.1 Å². The Hall–Kier alpha value is -2.36. The van der Waals surface area contributed by atoms with Gasteiger partial charge in [-0.1, -0.05) is 24.3 Å². The van der Waals surface area contributed by atoms with Gasteiger partial charge in [0.1, 0.15) is 5.82 Å². The van der Waals surface area contributed by atoms with Crippen LogP contribution in [0.5, 0.6) is 0 Å². The van der Waals surface area contributed by atoms with E-state index in [0.717, 1.165) is 24.1 Å². The van der Waals surface area contributed by atoms with Crippen molar-refractivity contribution < 1.29 is 4.39 Å². The monoisotopic (exact) mass is 311 g/mol. The number of benzene rings is 2. The lowest BCUT2D eigenvalue weighted by Gasteiger charge is -2.15. The first-order valence-corrected chi connectivity index (χ1v) is 7.89. The second-order valence-corrected chi connectivity index (χ2v) is 6.46. The summed E-state index contributed by atoms with van der Waals surface area (Å²) >= 11 is 0. The highest BCUT2D eigenvalue weighted by Crippen LogP contribution is 2.49. The molecule has 1 saturated carbocycles. The molecule has 1 fully saturated rings. The average molecular weight is 311 g/mol. The molecule has 4 heteroatoms. The minimum absolute atomic E-state index is 0.152. The highest BCUT2D eigenvalue weighted by atomic mass is 19.1.